The Balaban J connectivity index is 1.78. The zero-order valence-electron chi connectivity index (χ0n) is 20.8. The SMILES string of the molecule is Cc1nc(-c2cc(-c3cccc(S(=O)[O-])c3)ccc2-n2cc(C(F)(F)F)nc2C)c(-c2ccc(F)c(C#N)c2)o1. The van der Waals surface area contributed by atoms with E-state index in [1.807, 2.05) is 0 Å². The van der Waals surface area contributed by atoms with Gasteiger partial charge in [0.15, 0.2) is 17.3 Å². The second-order valence-electron chi connectivity index (χ2n) is 8.75. The summed E-state index contributed by atoms with van der Waals surface area (Å²) in [6.45, 7) is 3.00. The van der Waals surface area contributed by atoms with Crippen LogP contribution in [0, 0.1) is 31.0 Å². The number of imidazole rings is 1. The van der Waals surface area contributed by atoms with Crippen LogP contribution in [0.3, 0.4) is 0 Å². The maximum absolute atomic E-state index is 14.1. The average molecular weight is 566 g/mol. The van der Waals surface area contributed by atoms with E-state index >= 15 is 0 Å². The average Bonchev–Trinajstić information content (AvgIpc) is 3.51. The third-order valence-electron chi connectivity index (χ3n) is 6.13. The number of hydrogen-bond donors (Lipinski definition) is 0. The van der Waals surface area contributed by atoms with Gasteiger partial charge < -0.3 is 13.5 Å². The van der Waals surface area contributed by atoms with Crippen molar-refractivity contribution in [2.75, 3.05) is 0 Å². The first-order valence-corrected chi connectivity index (χ1v) is 12.7. The van der Waals surface area contributed by atoms with Gasteiger partial charge in [-0.25, -0.2) is 14.4 Å². The predicted octanol–water partition coefficient (Wildman–Crippen LogP) is 6.75. The minimum Gasteiger partial charge on any atom is -0.768 e. The van der Waals surface area contributed by atoms with Gasteiger partial charge in [-0.2, -0.15) is 18.4 Å². The highest BCUT2D eigenvalue weighted by atomic mass is 32.2. The second kappa shape index (κ2) is 10.2. The van der Waals surface area contributed by atoms with E-state index in [1.54, 1.807) is 43.3 Å². The highest BCUT2D eigenvalue weighted by Gasteiger charge is 2.35. The summed E-state index contributed by atoms with van der Waals surface area (Å²) >= 11 is -2.48. The molecule has 2 heterocycles. The summed E-state index contributed by atoms with van der Waals surface area (Å²) in [5, 5.41) is 9.31. The molecule has 0 radical (unpaired) electrons. The normalized spacial score (nSPS) is 12.3. The first-order chi connectivity index (χ1) is 19.0. The maximum Gasteiger partial charge on any atom is 0.434 e. The summed E-state index contributed by atoms with van der Waals surface area (Å²) in [5.41, 5.74) is 0.919. The van der Waals surface area contributed by atoms with Crippen molar-refractivity contribution in [3.05, 3.63) is 95.7 Å². The summed E-state index contributed by atoms with van der Waals surface area (Å²) in [4.78, 5) is 8.21. The number of aromatic nitrogens is 3. The molecule has 0 fully saturated rings. The van der Waals surface area contributed by atoms with E-state index in [-0.39, 0.29) is 39.3 Å². The molecule has 40 heavy (non-hydrogen) atoms. The van der Waals surface area contributed by atoms with E-state index in [9.17, 15) is 31.6 Å². The zero-order chi connectivity index (χ0) is 28.8. The Morgan fingerprint density at radius 3 is 2.40 bits per heavy atom. The number of halogens is 4. The van der Waals surface area contributed by atoms with Gasteiger partial charge in [0.05, 0.1) is 11.3 Å². The third kappa shape index (κ3) is 5.04. The van der Waals surface area contributed by atoms with E-state index in [1.165, 1.54) is 35.8 Å². The van der Waals surface area contributed by atoms with Crippen molar-refractivity contribution in [1.82, 2.24) is 14.5 Å². The van der Waals surface area contributed by atoms with Gasteiger partial charge in [-0.1, -0.05) is 18.2 Å². The van der Waals surface area contributed by atoms with E-state index in [0.29, 0.717) is 22.3 Å². The molecule has 12 heteroatoms. The summed E-state index contributed by atoms with van der Waals surface area (Å²) in [7, 11) is 0. The number of nitriles is 1. The highest BCUT2D eigenvalue weighted by molar-refractivity contribution is 7.79. The van der Waals surface area contributed by atoms with Gasteiger partial charge in [-0.05, 0) is 71.6 Å². The monoisotopic (exact) mass is 565 g/mol. The molecular formula is C28H17F4N4O3S-. The van der Waals surface area contributed by atoms with Crippen LogP contribution in [0.25, 0.3) is 39.4 Å². The van der Waals surface area contributed by atoms with E-state index in [2.05, 4.69) is 9.97 Å². The van der Waals surface area contributed by atoms with Crippen LogP contribution in [0.15, 0.2) is 76.2 Å². The first-order valence-electron chi connectivity index (χ1n) is 11.6. The highest BCUT2D eigenvalue weighted by Crippen LogP contribution is 2.40. The maximum atomic E-state index is 14.1. The molecule has 0 amide bonds. The van der Waals surface area contributed by atoms with Crippen molar-refractivity contribution in [3.8, 4) is 45.5 Å². The van der Waals surface area contributed by atoms with Crippen molar-refractivity contribution in [2.45, 2.75) is 24.9 Å². The summed E-state index contributed by atoms with van der Waals surface area (Å²) < 4.78 is 84.7. The Hall–Kier alpha value is -4.60. The number of hydrogen-bond acceptors (Lipinski definition) is 6. The van der Waals surface area contributed by atoms with Crippen molar-refractivity contribution < 1.29 is 30.7 Å². The Kier molecular flexibility index (Phi) is 6.87. The molecule has 0 spiro atoms. The summed E-state index contributed by atoms with van der Waals surface area (Å²) in [6, 6.07) is 16.6. The molecule has 0 aliphatic carbocycles. The molecule has 0 bridgehead atoms. The molecule has 0 N–H and O–H groups in total. The van der Waals surface area contributed by atoms with Crippen molar-refractivity contribution in [1.29, 1.82) is 5.26 Å². The van der Waals surface area contributed by atoms with Crippen LogP contribution < -0.4 is 0 Å². The molecular weight excluding hydrogens is 548 g/mol. The Morgan fingerprint density at radius 2 is 1.73 bits per heavy atom. The minimum absolute atomic E-state index is 0.0525. The van der Waals surface area contributed by atoms with Crippen LogP contribution in [-0.4, -0.2) is 23.3 Å². The van der Waals surface area contributed by atoms with Crippen molar-refractivity contribution in [3.63, 3.8) is 0 Å². The molecule has 2 aromatic heterocycles. The van der Waals surface area contributed by atoms with Gasteiger partial charge in [0.2, 0.25) is 0 Å². The van der Waals surface area contributed by atoms with Crippen molar-refractivity contribution in [2.24, 2.45) is 0 Å². The summed E-state index contributed by atoms with van der Waals surface area (Å²) in [5.74, 6) is -0.293. The molecule has 0 saturated carbocycles. The van der Waals surface area contributed by atoms with Gasteiger partial charge in [-0.3, -0.25) is 4.21 Å². The molecule has 0 aliphatic heterocycles. The summed E-state index contributed by atoms with van der Waals surface area (Å²) in [6.07, 6.45) is -3.81. The van der Waals surface area contributed by atoms with E-state index in [0.717, 1.165) is 12.3 Å². The van der Waals surface area contributed by atoms with Gasteiger partial charge in [-0.15, -0.1) is 0 Å². The predicted molar refractivity (Wildman–Crippen MR) is 136 cm³/mol. The topological polar surface area (TPSA) is 108 Å². The Morgan fingerprint density at radius 1 is 1.00 bits per heavy atom. The van der Waals surface area contributed by atoms with Gasteiger partial charge in [0.1, 0.15) is 23.4 Å². The first kappa shape index (κ1) is 27.0. The number of aryl methyl sites for hydroxylation is 2. The molecule has 1 atom stereocenters. The van der Waals surface area contributed by atoms with Crippen LogP contribution in [0.5, 0.6) is 0 Å². The fourth-order valence-corrected chi connectivity index (χ4v) is 4.72. The minimum atomic E-state index is -4.68. The molecule has 7 nitrogen and oxygen atoms in total. The smallest absolute Gasteiger partial charge is 0.434 e. The molecule has 3 aromatic carbocycles. The van der Waals surface area contributed by atoms with Crippen LogP contribution >= 0.6 is 0 Å². The molecule has 1 unspecified atom stereocenters. The van der Waals surface area contributed by atoms with Crippen LogP contribution in [0.4, 0.5) is 17.6 Å². The molecule has 0 aliphatic rings. The van der Waals surface area contributed by atoms with Crippen LogP contribution in [0.1, 0.15) is 23.0 Å². The number of benzene rings is 3. The lowest BCUT2D eigenvalue weighted by Gasteiger charge is -2.15. The zero-order valence-corrected chi connectivity index (χ0v) is 21.6. The largest absolute Gasteiger partial charge is 0.768 e. The van der Waals surface area contributed by atoms with Crippen LogP contribution in [0.2, 0.25) is 0 Å². The van der Waals surface area contributed by atoms with Crippen molar-refractivity contribution >= 4 is 11.1 Å². The standard InChI is InChI=1S/C28H18F4N4O3S/c1-15-34-25(28(30,31)32)14-36(15)24-9-7-18(17-4-3-5-21(11-17)40(37)38)12-22(24)26-27(39-16(2)35-26)19-6-8-23(29)20(10-19)13-33/h3-12,14H,1-2H3,(H,37,38)/p-1. The molecule has 5 rings (SSSR count). The van der Waals surface area contributed by atoms with Gasteiger partial charge in [0, 0.05) is 29.1 Å². The number of nitrogens with zero attached hydrogens (tertiary/aromatic N) is 4. The van der Waals surface area contributed by atoms with Gasteiger partial charge >= 0.3 is 6.18 Å². The lowest BCUT2D eigenvalue weighted by Crippen LogP contribution is -2.05. The lowest BCUT2D eigenvalue weighted by molar-refractivity contribution is -0.141. The number of rotatable bonds is 5. The van der Waals surface area contributed by atoms with E-state index in [4.69, 9.17) is 4.42 Å². The molecule has 5 aromatic rings. The lowest BCUT2D eigenvalue weighted by atomic mass is 9.97. The molecule has 202 valence electrons. The van der Waals surface area contributed by atoms with Crippen LogP contribution in [-0.2, 0) is 17.3 Å². The fourth-order valence-electron chi connectivity index (χ4n) is 4.31. The number of oxazole rings is 1. The molecule has 0 saturated heterocycles. The second-order valence-corrected chi connectivity index (χ2v) is 9.69. The van der Waals surface area contributed by atoms with E-state index < -0.39 is 28.8 Å². The van der Waals surface area contributed by atoms with Gasteiger partial charge in [0.25, 0.3) is 0 Å². The fraction of sp³-hybridized carbons (Fsp3) is 0.107. The third-order valence-corrected chi connectivity index (χ3v) is 6.77. The quantitative estimate of drug-likeness (QED) is 0.172. The number of alkyl halides is 3. The Bertz CT molecular complexity index is 1840. The Labute approximate surface area is 227 Å².